The van der Waals surface area contributed by atoms with Crippen molar-refractivity contribution in [3.05, 3.63) is 35.0 Å². The van der Waals surface area contributed by atoms with Crippen LogP contribution in [0.2, 0.25) is 0 Å². The Kier molecular flexibility index (Phi) is 4.81. The second-order valence-corrected chi connectivity index (χ2v) is 7.80. The van der Waals surface area contributed by atoms with E-state index in [9.17, 15) is 9.59 Å². The molecule has 1 saturated heterocycles. The van der Waals surface area contributed by atoms with Gasteiger partial charge in [0.25, 0.3) is 0 Å². The van der Waals surface area contributed by atoms with Crippen LogP contribution < -0.4 is 11.1 Å². The Morgan fingerprint density at radius 2 is 2.11 bits per heavy atom. The molecule has 0 spiro atoms. The number of hydrogen-bond donors (Lipinski definition) is 2. The van der Waals surface area contributed by atoms with Crippen molar-refractivity contribution in [2.75, 3.05) is 19.6 Å². The topological polar surface area (TPSA) is 80.4 Å². The number of aromatic nitrogens is 1. The van der Waals surface area contributed by atoms with Crippen LogP contribution in [0.3, 0.4) is 0 Å². The number of aryl methyl sites for hydroxylation is 2. The smallest absolute Gasteiger partial charge is 0.314 e. The third-order valence-electron chi connectivity index (χ3n) is 6.16. The summed E-state index contributed by atoms with van der Waals surface area (Å²) in [6.45, 7) is 4.98. The molecular formula is C21H28N4O2. The lowest BCUT2D eigenvalue weighted by Gasteiger charge is -2.30. The average Bonchev–Trinajstić information content (AvgIpc) is 2.96. The van der Waals surface area contributed by atoms with Gasteiger partial charge in [-0.05, 0) is 50.2 Å². The minimum absolute atomic E-state index is 0.0346. The molecule has 0 unspecified atom stereocenters. The molecule has 1 aromatic heterocycles. The Labute approximate surface area is 159 Å². The number of nitrogens with zero attached hydrogens (tertiary/aromatic N) is 2. The van der Waals surface area contributed by atoms with Gasteiger partial charge in [-0.3, -0.25) is 4.79 Å². The number of primary amides is 1. The molecule has 1 aromatic carbocycles. The van der Waals surface area contributed by atoms with E-state index in [-0.39, 0.29) is 11.8 Å². The molecule has 3 amide bonds. The fraction of sp³-hybridized carbons (Fsp3) is 0.524. The number of benzene rings is 1. The van der Waals surface area contributed by atoms with Crippen molar-refractivity contribution >= 4 is 22.8 Å². The largest absolute Gasteiger partial charge is 0.355 e. The third kappa shape index (κ3) is 3.29. The first kappa shape index (κ1) is 17.9. The Bertz CT molecular complexity index is 886. The Hall–Kier alpha value is -2.50. The highest BCUT2D eigenvalue weighted by molar-refractivity contribution is 5.89. The number of amides is 3. The lowest BCUT2D eigenvalue weighted by Crippen LogP contribution is -2.47. The number of urea groups is 1. The second-order valence-electron chi connectivity index (χ2n) is 7.80. The summed E-state index contributed by atoms with van der Waals surface area (Å²) in [5, 5.41) is 4.41. The third-order valence-corrected chi connectivity index (χ3v) is 6.16. The van der Waals surface area contributed by atoms with Gasteiger partial charge in [0, 0.05) is 37.3 Å². The van der Waals surface area contributed by atoms with Gasteiger partial charge in [0.15, 0.2) is 0 Å². The van der Waals surface area contributed by atoms with E-state index in [4.69, 9.17) is 5.73 Å². The van der Waals surface area contributed by atoms with Crippen molar-refractivity contribution in [1.29, 1.82) is 0 Å². The van der Waals surface area contributed by atoms with Gasteiger partial charge in [-0.15, -0.1) is 0 Å². The molecule has 2 aliphatic rings. The maximum absolute atomic E-state index is 12.5. The molecule has 4 rings (SSSR count). The quantitative estimate of drug-likeness (QED) is 0.869. The summed E-state index contributed by atoms with van der Waals surface area (Å²) < 4.78 is 2.44. The molecule has 1 atom stereocenters. The lowest BCUT2D eigenvalue weighted by atomic mass is 9.97. The van der Waals surface area contributed by atoms with E-state index in [1.807, 2.05) is 0 Å². The van der Waals surface area contributed by atoms with Gasteiger partial charge in [-0.25, -0.2) is 4.79 Å². The van der Waals surface area contributed by atoms with Crippen LogP contribution in [0.4, 0.5) is 4.79 Å². The Morgan fingerprint density at radius 1 is 1.26 bits per heavy atom. The van der Waals surface area contributed by atoms with Crippen LogP contribution >= 0.6 is 0 Å². The predicted molar refractivity (Wildman–Crippen MR) is 106 cm³/mol. The minimum Gasteiger partial charge on any atom is -0.355 e. The van der Waals surface area contributed by atoms with Crippen LogP contribution in [0.1, 0.15) is 36.1 Å². The summed E-state index contributed by atoms with van der Waals surface area (Å²) in [7, 11) is 0. The number of carbonyl (C=O) groups is 2. The molecular weight excluding hydrogens is 340 g/mol. The van der Waals surface area contributed by atoms with Gasteiger partial charge >= 0.3 is 6.03 Å². The zero-order chi connectivity index (χ0) is 19.0. The number of piperidine rings is 1. The number of nitrogens with two attached hydrogens (primary N) is 1. The molecule has 144 valence electrons. The maximum atomic E-state index is 12.5. The first-order valence-corrected chi connectivity index (χ1v) is 9.98. The van der Waals surface area contributed by atoms with Crippen LogP contribution in [0.15, 0.2) is 18.2 Å². The highest BCUT2D eigenvalue weighted by atomic mass is 16.2. The summed E-state index contributed by atoms with van der Waals surface area (Å²) in [5.41, 5.74) is 10.8. The summed E-state index contributed by atoms with van der Waals surface area (Å²) in [5.74, 6) is -0.116. The average molecular weight is 368 g/mol. The SMILES string of the molecule is Cc1c(CCNC(=O)[C@H]2CCCN(C(N)=O)C2)c2cccc3c2n1CCC3. The first-order chi connectivity index (χ1) is 13.1. The number of rotatable bonds is 4. The van der Waals surface area contributed by atoms with E-state index >= 15 is 0 Å². The fourth-order valence-corrected chi connectivity index (χ4v) is 4.75. The molecule has 2 aliphatic heterocycles. The van der Waals surface area contributed by atoms with E-state index in [0.717, 1.165) is 32.2 Å². The zero-order valence-electron chi connectivity index (χ0n) is 16.0. The monoisotopic (exact) mass is 368 g/mol. The standard InChI is InChI=1S/C21H28N4O2/c1-14-17(18-8-2-5-15-6-4-12-25(14)19(15)18)9-10-23-20(26)16-7-3-11-24(13-16)21(22)27/h2,5,8,16H,3-4,6-7,9-13H2,1H3,(H2,22,27)(H,23,26)/t16-/m0/s1. The van der Waals surface area contributed by atoms with Crippen molar-refractivity contribution in [2.45, 2.75) is 45.6 Å². The summed E-state index contributed by atoms with van der Waals surface area (Å²) in [6, 6.07) is 6.15. The normalized spacial score (nSPS) is 19.3. The molecule has 0 aliphatic carbocycles. The highest BCUT2D eigenvalue weighted by Crippen LogP contribution is 2.32. The van der Waals surface area contributed by atoms with E-state index in [0.29, 0.717) is 19.6 Å². The van der Waals surface area contributed by atoms with E-state index in [1.54, 1.807) is 4.90 Å². The van der Waals surface area contributed by atoms with Gasteiger partial charge in [-0.2, -0.15) is 0 Å². The molecule has 0 bridgehead atoms. The molecule has 3 heterocycles. The molecule has 27 heavy (non-hydrogen) atoms. The molecule has 0 radical (unpaired) electrons. The van der Waals surface area contributed by atoms with E-state index in [1.165, 1.54) is 34.1 Å². The molecule has 1 fully saturated rings. The minimum atomic E-state index is -0.433. The second kappa shape index (κ2) is 7.25. The molecule has 6 heteroatoms. The van der Waals surface area contributed by atoms with Crippen molar-refractivity contribution < 1.29 is 9.59 Å². The predicted octanol–water partition coefficient (Wildman–Crippen LogP) is 2.35. The number of hydrogen-bond acceptors (Lipinski definition) is 2. The lowest BCUT2D eigenvalue weighted by molar-refractivity contribution is -0.126. The maximum Gasteiger partial charge on any atom is 0.314 e. The van der Waals surface area contributed by atoms with Crippen LogP contribution in [0.25, 0.3) is 10.9 Å². The fourth-order valence-electron chi connectivity index (χ4n) is 4.75. The molecule has 6 nitrogen and oxygen atoms in total. The number of carbonyl (C=O) groups excluding carboxylic acids is 2. The number of para-hydroxylation sites is 1. The van der Waals surface area contributed by atoms with Crippen molar-refractivity contribution in [3.8, 4) is 0 Å². The highest BCUT2D eigenvalue weighted by Gasteiger charge is 2.27. The zero-order valence-corrected chi connectivity index (χ0v) is 16.0. The Morgan fingerprint density at radius 3 is 2.93 bits per heavy atom. The van der Waals surface area contributed by atoms with Crippen LogP contribution in [-0.2, 0) is 24.2 Å². The number of likely N-dealkylation sites (tertiary alicyclic amines) is 1. The van der Waals surface area contributed by atoms with Gasteiger partial charge in [0.2, 0.25) is 5.91 Å². The summed E-state index contributed by atoms with van der Waals surface area (Å²) >= 11 is 0. The first-order valence-electron chi connectivity index (χ1n) is 9.98. The van der Waals surface area contributed by atoms with Crippen molar-refractivity contribution in [1.82, 2.24) is 14.8 Å². The van der Waals surface area contributed by atoms with Crippen LogP contribution in [0, 0.1) is 12.8 Å². The van der Waals surface area contributed by atoms with E-state index in [2.05, 4.69) is 35.0 Å². The molecule has 2 aromatic rings. The van der Waals surface area contributed by atoms with Gasteiger partial charge in [0.1, 0.15) is 0 Å². The molecule has 0 saturated carbocycles. The van der Waals surface area contributed by atoms with Crippen molar-refractivity contribution in [3.63, 3.8) is 0 Å². The summed E-state index contributed by atoms with van der Waals surface area (Å²) in [4.78, 5) is 25.5. The van der Waals surface area contributed by atoms with E-state index < -0.39 is 6.03 Å². The Balaban J connectivity index is 1.43. The molecule has 3 N–H and O–H groups in total. The van der Waals surface area contributed by atoms with Gasteiger partial charge in [-0.1, -0.05) is 18.2 Å². The number of nitrogens with one attached hydrogen (secondary N) is 1. The van der Waals surface area contributed by atoms with Gasteiger partial charge < -0.3 is 20.5 Å². The van der Waals surface area contributed by atoms with Crippen molar-refractivity contribution in [2.24, 2.45) is 11.7 Å². The van der Waals surface area contributed by atoms with Crippen LogP contribution in [-0.4, -0.2) is 41.0 Å². The van der Waals surface area contributed by atoms with Crippen LogP contribution in [0.5, 0.6) is 0 Å². The van der Waals surface area contributed by atoms with Gasteiger partial charge in [0.05, 0.1) is 11.4 Å². The summed E-state index contributed by atoms with van der Waals surface area (Å²) in [6.07, 6.45) is 4.81.